The van der Waals surface area contributed by atoms with Crippen LogP contribution < -0.4 is 0 Å². The molecule has 0 unspecified atom stereocenters. The Bertz CT molecular complexity index is 603. The minimum absolute atomic E-state index is 0.106. The molecule has 0 saturated carbocycles. The van der Waals surface area contributed by atoms with Gasteiger partial charge in [-0.2, -0.15) is 5.10 Å². The quantitative estimate of drug-likeness (QED) is 0.815. The molecule has 104 valence electrons. The summed E-state index contributed by atoms with van der Waals surface area (Å²) >= 11 is 1.52. The van der Waals surface area contributed by atoms with Crippen molar-refractivity contribution in [2.24, 2.45) is 0 Å². The van der Waals surface area contributed by atoms with Gasteiger partial charge in [-0.05, 0) is 31.2 Å². The number of thioether (sulfide) groups is 1. The van der Waals surface area contributed by atoms with E-state index < -0.39 is 0 Å². The Morgan fingerprint density at radius 3 is 2.55 bits per heavy atom. The van der Waals surface area contributed by atoms with Crippen LogP contribution in [-0.4, -0.2) is 39.9 Å². The predicted molar refractivity (Wildman–Crippen MR) is 80.5 cm³/mol. The molecule has 0 radical (unpaired) electrons. The second kappa shape index (κ2) is 5.71. The van der Waals surface area contributed by atoms with Crippen molar-refractivity contribution in [1.82, 2.24) is 14.7 Å². The van der Waals surface area contributed by atoms with Gasteiger partial charge in [0.2, 0.25) is 0 Å². The number of aromatic nitrogens is 2. The summed E-state index contributed by atoms with van der Waals surface area (Å²) in [6.45, 7) is 1.73. The number of para-hydroxylation sites is 1. The van der Waals surface area contributed by atoms with Gasteiger partial charge >= 0.3 is 0 Å². The Labute approximate surface area is 122 Å². The summed E-state index contributed by atoms with van der Waals surface area (Å²) in [6, 6.07) is 9.89. The van der Waals surface area contributed by atoms with Crippen molar-refractivity contribution in [3.63, 3.8) is 0 Å². The van der Waals surface area contributed by atoms with E-state index in [9.17, 15) is 4.79 Å². The minimum Gasteiger partial charge on any atom is -0.339 e. The van der Waals surface area contributed by atoms with Crippen molar-refractivity contribution in [3.05, 3.63) is 42.1 Å². The van der Waals surface area contributed by atoms with E-state index in [1.54, 1.807) is 4.68 Å². The van der Waals surface area contributed by atoms with Gasteiger partial charge in [-0.15, -0.1) is 11.8 Å². The number of nitrogens with zero attached hydrogens (tertiary/aromatic N) is 3. The molecule has 1 aromatic heterocycles. The smallest absolute Gasteiger partial charge is 0.258 e. The molecule has 4 nitrogen and oxygen atoms in total. The number of benzene rings is 1. The third-order valence-electron chi connectivity index (χ3n) is 3.52. The van der Waals surface area contributed by atoms with Crippen LogP contribution in [0.1, 0.15) is 23.2 Å². The number of hydrogen-bond acceptors (Lipinski definition) is 3. The first-order valence-electron chi connectivity index (χ1n) is 6.78. The van der Waals surface area contributed by atoms with Crippen LogP contribution in [0.25, 0.3) is 5.69 Å². The normalized spacial score (nSPS) is 14.8. The predicted octanol–water partition coefficient (Wildman–Crippen LogP) is 2.83. The molecule has 2 aromatic rings. The fourth-order valence-electron chi connectivity index (χ4n) is 2.46. The lowest BCUT2D eigenvalue weighted by molar-refractivity contribution is 0.0789. The van der Waals surface area contributed by atoms with Gasteiger partial charge in [-0.1, -0.05) is 18.2 Å². The summed E-state index contributed by atoms with van der Waals surface area (Å²) < 4.78 is 1.79. The van der Waals surface area contributed by atoms with Gasteiger partial charge in [0.05, 0.1) is 11.3 Å². The highest BCUT2D eigenvalue weighted by atomic mass is 32.2. The van der Waals surface area contributed by atoms with Crippen LogP contribution >= 0.6 is 11.8 Å². The lowest BCUT2D eigenvalue weighted by Crippen LogP contribution is -2.27. The maximum Gasteiger partial charge on any atom is 0.258 e. The zero-order valence-corrected chi connectivity index (χ0v) is 12.3. The molecular weight excluding hydrogens is 270 g/mol. The second-order valence-electron chi connectivity index (χ2n) is 4.83. The average Bonchev–Trinajstić information content (AvgIpc) is 3.17. The van der Waals surface area contributed by atoms with Crippen LogP contribution in [0.15, 0.2) is 41.6 Å². The summed E-state index contributed by atoms with van der Waals surface area (Å²) in [5.74, 6) is 0.106. The third kappa shape index (κ3) is 2.45. The summed E-state index contributed by atoms with van der Waals surface area (Å²) in [7, 11) is 0. The van der Waals surface area contributed by atoms with Gasteiger partial charge in [0.1, 0.15) is 5.03 Å². The van der Waals surface area contributed by atoms with Crippen molar-refractivity contribution < 1.29 is 4.79 Å². The molecule has 0 atom stereocenters. The Morgan fingerprint density at radius 1 is 1.20 bits per heavy atom. The SMILES string of the molecule is CSc1nn(-c2ccccc2)cc1C(=O)N1CCCC1. The van der Waals surface area contributed by atoms with Gasteiger partial charge in [0.15, 0.2) is 0 Å². The molecule has 0 aliphatic carbocycles. The molecule has 0 N–H and O–H groups in total. The fraction of sp³-hybridized carbons (Fsp3) is 0.333. The van der Waals surface area contributed by atoms with Gasteiger partial charge in [-0.25, -0.2) is 4.68 Å². The maximum absolute atomic E-state index is 12.5. The van der Waals surface area contributed by atoms with Crippen molar-refractivity contribution in [2.45, 2.75) is 17.9 Å². The van der Waals surface area contributed by atoms with Crippen molar-refractivity contribution in [1.29, 1.82) is 0 Å². The Morgan fingerprint density at radius 2 is 1.90 bits per heavy atom. The molecule has 1 aromatic carbocycles. The van der Waals surface area contributed by atoms with E-state index in [0.29, 0.717) is 5.56 Å². The number of carbonyl (C=O) groups excluding carboxylic acids is 1. The maximum atomic E-state index is 12.5. The summed E-state index contributed by atoms with van der Waals surface area (Å²) in [6.07, 6.45) is 6.01. The van der Waals surface area contributed by atoms with Crippen molar-refractivity contribution in [2.75, 3.05) is 19.3 Å². The van der Waals surface area contributed by atoms with Crippen LogP contribution in [0.4, 0.5) is 0 Å². The van der Waals surface area contributed by atoms with Crippen LogP contribution in [0.3, 0.4) is 0 Å². The highest BCUT2D eigenvalue weighted by Crippen LogP contribution is 2.23. The summed E-state index contributed by atoms with van der Waals surface area (Å²) in [5.41, 5.74) is 1.69. The van der Waals surface area contributed by atoms with E-state index in [1.165, 1.54) is 11.8 Å². The molecule has 1 aliphatic heterocycles. The van der Waals surface area contributed by atoms with E-state index in [4.69, 9.17) is 0 Å². The van der Waals surface area contributed by atoms with Gasteiger partial charge in [0.25, 0.3) is 5.91 Å². The molecule has 1 fully saturated rings. The minimum atomic E-state index is 0.106. The van der Waals surface area contributed by atoms with Crippen LogP contribution in [0.5, 0.6) is 0 Å². The lowest BCUT2D eigenvalue weighted by atomic mass is 10.3. The van der Waals surface area contributed by atoms with Gasteiger partial charge in [0, 0.05) is 19.3 Å². The molecule has 5 heteroatoms. The summed E-state index contributed by atoms with van der Waals surface area (Å²) in [5, 5.41) is 5.32. The number of likely N-dealkylation sites (tertiary alicyclic amines) is 1. The Balaban J connectivity index is 1.94. The van der Waals surface area contributed by atoms with Crippen molar-refractivity contribution in [3.8, 4) is 5.69 Å². The molecular formula is C15H17N3OS. The third-order valence-corrected chi connectivity index (χ3v) is 4.21. The zero-order valence-electron chi connectivity index (χ0n) is 11.5. The standard InChI is InChI=1S/C15H17N3OS/c1-20-14-13(15(19)17-9-5-6-10-17)11-18(16-14)12-7-3-2-4-8-12/h2-4,7-8,11H,5-6,9-10H2,1H3. The molecule has 1 saturated heterocycles. The highest BCUT2D eigenvalue weighted by Gasteiger charge is 2.24. The molecule has 0 spiro atoms. The zero-order chi connectivity index (χ0) is 13.9. The largest absolute Gasteiger partial charge is 0.339 e. The molecule has 1 aliphatic rings. The second-order valence-corrected chi connectivity index (χ2v) is 5.63. The van der Waals surface area contributed by atoms with E-state index in [-0.39, 0.29) is 5.91 Å². The van der Waals surface area contributed by atoms with E-state index in [2.05, 4.69) is 5.10 Å². The Hall–Kier alpha value is -1.75. The number of hydrogen-bond donors (Lipinski definition) is 0. The van der Waals surface area contributed by atoms with Crippen molar-refractivity contribution >= 4 is 17.7 Å². The molecule has 0 bridgehead atoms. The number of carbonyl (C=O) groups is 1. The van der Waals surface area contributed by atoms with E-state index in [0.717, 1.165) is 36.6 Å². The van der Waals surface area contributed by atoms with Crippen LogP contribution in [0.2, 0.25) is 0 Å². The average molecular weight is 287 g/mol. The Kier molecular flexibility index (Phi) is 3.78. The van der Waals surface area contributed by atoms with Gasteiger partial charge in [-0.3, -0.25) is 4.79 Å². The van der Waals surface area contributed by atoms with Gasteiger partial charge < -0.3 is 4.90 Å². The monoisotopic (exact) mass is 287 g/mol. The first kappa shape index (κ1) is 13.2. The molecule has 20 heavy (non-hydrogen) atoms. The highest BCUT2D eigenvalue weighted by molar-refractivity contribution is 7.98. The first-order valence-corrected chi connectivity index (χ1v) is 8.00. The van der Waals surface area contributed by atoms with Crippen LogP contribution in [-0.2, 0) is 0 Å². The number of amides is 1. The van der Waals surface area contributed by atoms with E-state index in [1.807, 2.05) is 47.7 Å². The topological polar surface area (TPSA) is 38.1 Å². The molecule has 3 rings (SSSR count). The molecule has 1 amide bonds. The van der Waals surface area contributed by atoms with Crippen LogP contribution in [0, 0.1) is 0 Å². The number of rotatable bonds is 3. The fourth-order valence-corrected chi connectivity index (χ4v) is 2.99. The first-order chi connectivity index (χ1) is 9.79. The summed E-state index contributed by atoms with van der Waals surface area (Å²) in [4.78, 5) is 14.5. The van der Waals surface area contributed by atoms with E-state index >= 15 is 0 Å². The lowest BCUT2D eigenvalue weighted by Gasteiger charge is -2.14. The molecule has 2 heterocycles.